The molecule has 0 heterocycles. The number of hydrogen-bond acceptors (Lipinski definition) is 0. The molecule has 0 saturated heterocycles. The molecule has 0 heteroatoms. The first-order valence-corrected chi connectivity index (χ1v) is 7.14. The van der Waals surface area contributed by atoms with Gasteiger partial charge in [0.15, 0.2) is 0 Å². The summed E-state index contributed by atoms with van der Waals surface area (Å²) >= 11 is 0. The lowest BCUT2D eigenvalue weighted by Crippen LogP contribution is -2.17. The molecular formula is C18H16. The van der Waals surface area contributed by atoms with Gasteiger partial charge < -0.3 is 0 Å². The summed E-state index contributed by atoms with van der Waals surface area (Å²) in [5.74, 6) is 0. The monoisotopic (exact) mass is 232 g/mol. The Labute approximate surface area is 108 Å². The van der Waals surface area contributed by atoms with Gasteiger partial charge in [-0.25, -0.2) is 0 Å². The lowest BCUT2D eigenvalue weighted by atomic mass is 9.76. The fraction of sp³-hybridized carbons (Fsp3) is 0.333. The first-order valence-electron chi connectivity index (χ1n) is 7.14. The van der Waals surface area contributed by atoms with Crippen molar-refractivity contribution < 1.29 is 0 Å². The second kappa shape index (κ2) is 3.06. The van der Waals surface area contributed by atoms with Crippen LogP contribution >= 0.6 is 0 Å². The maximum Gasteiger partial charge on any atom is -0.00199 e. The van der Waals surface area contributed by atoms with Crippen LogP contribution in [0.2, 0.25) is 0 Å². The van der Waals surface area contributed by atoms with Crippen LogP contribution in [-0.4, -0.2) is 0 Å². The van der Waals surface area contributed by atoms with E-state index in [4.69, 9.17) is 0 Å². The number of fused-ring (bicyclic) bond motifs is 4. The van der Waals surface area contributed by atoms with E-state index in [1.165, 1.54) is 38.5 Å². The van der Waals surface area contributed by atoms with Crippen molar-refractivity contribution in [2.75, 3.05) is 0 Å². The van der Waals surface area contributed by atoms with E-state index in [9.17, 15) is 0 Å². The van der Waals surface area contributed by atoms with E-state index in [0.717, 1.165) is 0 Å². The summed E-state index contributed by atoms with van der Waals surface area (Å²) in [6, 6.07) is 9.93. The van der Waals surface area contributed by atoms with Crippen LogP contribution in [0.1, 0.15) is 44.5 Å². The summed E-state index contributed by atoms with van der Waals surface area (Å²) in [6.07, 6.45) is 7.56. The molecule has 0 unspecified atom stereocenters. The fourth-order valence-electron chi connectivity index (χ4n) is 3.77. The SMILES string of the molecule is c1c2c(cc3c1Cc1cc4c(cc1C3)CC4)CC2. The third-order valence-corrected chi connectivity index (χ3v) is 5.13. The van der Waals surface area contributed by atoms with E-state index in [-0.39, 0.29) is 0 Å². The van der Waals surface area contributed by atoms with Gasteiger partial charge in [0.2, 0.25) is 0 Å². The molecule has 0 radical (unpaired) electrons. The molecule has 3 aliphatic rings. The Balaban J connectivity index is 1.67. The van der Waals surface area contributed by atoms with Crippen molar-refractivity contribution in [3.05, 3.63) is 68.8 Å². The molecular weight excluding hydrogens is 216 g/mol. The summed E-state index contributed by atoms with van der Waals surface area (Å²) < 4.78 is 0. The van der Waals surface area contributed by atoms with Crippen molar-refractivity contribution in [2.45, 2.75) is 38.5 Å². The van der Waals surface area contributed by atoms with Gasteiger partial charge in [0.25, 0.3) is 0 Å². The van der Waals surface area contributed by atoms with Crippen LogP contribution in [0.5, 0.6) is 0 Å². The van der Waals surface area contributed by atoms with Gasteiger partial charge in [0.1, 0.15) is 0 Å². The van der Waals surface area contributed by atoms with Crippen molar-refractivity contribution in [3.8, 4) is 0 Å². The third kappa shape index (κ3) is 1.11. The summed E-state index contributed by atoms with van der Waals surface area (Å²) in [4.78, 5) is 0. The van der Waals surface area contributed by atoms with Crippen molar-refractivity contribution in [3.63, 3.8) is 0 Å². The van der Waals surface area contributed by atoms with Gasteiger partial charge >= 0.3 is 0 Å². The van der Waals surface area contributed by atoms with Crippen molar-refractivity contribution >= 4 is 0 Å². The third-order valence-electron chi connectivity index (χ3n) is 5.13. The van der Waals surface area contributed by atoms with Gasteiger partial charge in [-0.1, -0.05) is 24.3 Å². The Morgan fingerprint density at radius 1 is 0.389 bits per heavy atom. The highest BCUT2D eigenvalue weighted by molar-refractivity contribution is 5.54. The molecule has 2 aromatic rings. The molecule has 0 saturated carbocycles. The Morgan fingerprint density at radius 3 is 0.889 bits per heavy atom. The summed E-state index contributed by atoms with van der Waals surface area (Å²) in [7, 11) is 0. The quantitative estimate of drug-likeness (QED) is 0.557. The molecule has 0 spiro atoms. The first-order chi connectivity index (χ1) is 8.87. The number of hydrogen-bond donors (Lipinski definition) is 0. The minimum absolute atomic E-state index is 1.17. The predicted octanol–water partition coefficient (Wildman–Crippen LogP) is 3.38. The highest BCUT2D eigenvalue weighted by Gasteiger charge is 2.23. The molecule has 0 nitrogen and oxygen atoms in total. The Hall–Kier alpha value is -1.56. The minimum Gasteiger partial charge on any atom is -0.0549 e. The Morgan fingerprint density at radius 2 is 0.667 bits per heavy atom. The minimum atomic E-state index is 1.17. The van der Waals surface area contributed by atoms with Gasteiger partial charge in [-0.3, -0.25) is 0 Å². The lowest BCUT2D eigenvalue weighted by molar-refractivity contribution is 0.807. The predicted molar refractivity (Wildman–Crippen MR) is 73.3 cm³/mol. The molecule has 0 N–H and O–H groups in total. The smallest absolute Gasteiger partial charge is 0.00199 e. The molecule has 2 aromatic carbocycles. The van der Waals surface area contributed by atoms with E-state index >= 15 is 0 Å². The molecule has 5 rings (SSSR count). The lowest BCUT2D eigenvalue weighted by Gasteiger charge is -2.29. The molecule has 0 fully saturated rings. The summed E-state index contributed by atoms with van der Waals surface area (Å²) in [6.45, 7) is 0. The molecule has 3 aliphatic carbocycles. The van der Waals surface area contributed by atoms with Gasteiger partial charge in [-0.2, -0.15) is 0 Å². The molecule has 0 atom stereocenters. The van der Waals surface area contributed by atoms with Crippen molar-refractivity contribution in [2.24, 2.45) is 0 Å². The average molecular weight is 232 g/mol. The van der Waals surface area contributed by atoms with E-state index in [1.807, 2.05) is 0 Å². The van der Waals surface area contributed by atoms with Gasteiger partial charge in [0, 0.05) is 0 Å². The Kier molecular flexibility index (Phi) is 1.59. The second-order valence-electron chi connectivity index (χ2n) is 6.13. The highest BCUT2D eigenvalue weighted by atomic mass is 14.3. The van der Waals surface area contributed by atoms with Crippen molar-refractivity contribution in [1.82, 2.24) is 0 Å². The number of benzene rings is 2. The van der Waals surface area contributed by atoms with Crippen LogP contribution in [0.15, 0.2) is 24.3 Å². The molecule has 0 bridgehead atoms. The van der Waals surface area contributed by atoms with Gasteiger partial charge in [-0.05, 0) is 83.0 Å². The first kappa shape index (κ1) is 9.38. The van der Waals surface area contributed by atoms with Crippen LogP contribution in [0.25, 0.3) is 0 Å². The van der Waals surface area contributed by atoms with E-state index in [0.29, 0.717) is 0 Å². The zero-order valence-electron chi connectivity index (χ0n) is 10.6. The number of rotatable bonds is 0. The molecule has 18 heavy (non-hydrogen) atoms. The van der Waals surface area contributed by atoms with Crippen molar-refractivity contribution in [1.29, 1.82) is 0 Å². The van der Waals surface area contributed by atoms with Crippen LogP contribution in [0, 0.1) is 0 Å². The largest absolute Gasteiger partial charge is 0.0549 e. The molecule has 0 aliphatic heterocycles. The summed E-state index contributed by atoms with van der Waals surface area (Å²) in [5.41, 5.74) is 12.8. The second-order valence-corrected chi connectivity index (χ2v) is 6.13. The molecule has 0 amide bonds. The van der Waals surface area contributed by atoms with E-state index in [2.05, 4.69) is 24.3 Å². The van der Waals surface area contributed by atoms with Gasteiger partial charge in [0.05, 0.1) is 0 Å². The van der Waals surface area contributed by atoms with Crippen LogP contribution in [0.3, 0.4) is 0 Å². The Bertz CT molecular complexity index is 572. The van der Waals surface area contributed by atoms with E-state index < -0.39 is 0 Å². The average Bonchev–Trinajstić information content (AvgIpc) is 2.33. The van der Waals surface area contributed by atoms with Crippen LogP contribution < -0.4 is 0 Å². The van der Waals surface area contributed by atoms with Gasteiger partial charge in [-0.15, -0.1) is 0 Å². The summed E-state index contributed by atoms with van der Waals surface area (Å²) in [5, 5.41) is 0. The highest BCUT2D eigenvalue weighted by Crippen LogP contribution is 2.36. The normalized spacial score (nSPS) is 17.8. The zero-order valence-corrected chi connectivity index (χ0v) is 10.6. The standard InChI is InChI=1S/C18H16/c1-2-12-6-16-10-18-8-14-4-3-13(14)7-17(18)9-15(16)5-11(1)12/h5-8H,1-4,9-10H2. The maximum atomic E-state index is 2.48. The topological polar surface area (TPSA) is 0 Å². The van der Waals surface area contributed by atoms with E-state index in [1.54, 1.807) is 44.5 Å². The fourth-order valence-corrected chi connectivity index (χ4v) is 3.77. The van der Waals surface area contributed by atoms with Crippen LogP contribution in [0.4, 0.5) is 0 Å². The zero-order chi connectivity index (χ0) is 11.7. The maximum absolute atomic E-state index is 2.48. The number of aryl methyl sites for hydroxylation is 4. The molecule has 88 valence electrons. The van der Waals surface area contributed by atoms with Crippen LogP contribution in [-0.2, 0) is 38.5 Å². The molecule has 0 aromatic heterocycles.